The molecule has 3 aromatic carbocycles. The van der Waals surface area contributed by atoms with Crippen LogP contribution in [0.2, 0.25) is 0 Å². The first kappa shape index (κ1) is 24.1. The number of allylic oxidation sites excluding steroid dienone is 1. The molecule has 1 aliphatic heterocycles. The van der Waals surface area contributed by atoms with E-state index in [-0.39, 0.29) is 4.90 Å². The third-order valence-corrected chi connectivity index (χ3v) is 6.65. The van der Waals surface area contributed by atoms with Gasteiger partial charge in [0, 0.05) is 11.8 Å². The number of ether oxygens (including phenoxy) is 4. The van der Waals surface area contributed by atoms with Crippen molar-refractivity contribution in [3.05, 3.63) is 89.2 Å². The Hall–Kier alpha value is -4.04. The Labute approximate surface area is 204 Å². The zero-order valence-corrected chi connectivity index (χ0v) is 20.5. The SMILES string of the molecule is COc1cc(/C=C2\OC(=O)C(c3ccccc3)=C2c2ccc(S(C)(=O)=O)cc2)cc(OC)c1OC. The molecule has 8 heteroatoms. The van der Waals surface area contributed by atoms with Gasteiger partial charge in [-0.05, 0) is 47.0 Å². The predicted octanol–water partition coefficient (Wildman–Crippen LogP) is 4.62. The largest absolute Gasteiger partial charge is 0.493 e. The van der Waals surface area contributed by atoms with Gasteiger partial charge in [-0.3, -0.25) is 0 Å². The number of hydrogen-bond donors (Lipinski definition) is 0. The average Bonchev–Trinajstić information content (AvgIpc) is 3.18. The quantitative estimate of drug-likeness (QED) is 0.445. The van der Waals surface area contributed by atoms with Gasteiger partial charge in [0.1, 0.15) is 5.76 Å². The minimum atomic E-state index is -3.37. The Kier molecular flexibility index (Phi) is 6.66. The summed E-state index contributed by atoms with van der Waals surface area (Å²) in [5.74, 6) is 1.16. The average molecular weight is 493 g/mol. The maximum absolute atomic E-state index is 13.0. The van der Waals surface area contributed by atoms with E-state index in [1.165, 1.54) is 33.5 Å². The molecule has 0 amide bonds. The standard InChI is InChI=1S/C27H24O7S/c1-31-22-15-17(16-23(32-2)26(22)33-3)14-21-24(19-10-12-20(13-11-19)35(4,29)30)25(27(28)34-21)18-8-6-5-7-9-18/h5-16H,1-4H3/b21-14-. The molecule has 1 heterocycles. The molecule has 7 nitrogen and oxygen atoms in total. The van der Waals surface area contributed by atoms with Crippen molar-refractivity contribution < 1.29 is 32.2 Å². The van der Waals surface area contributed by atoms with Gasteiger partial charge in [-0.2, -0.15) is 0 Å². The summed E-state index contributed by atoms with van der Waals surface area (Å²) in [5.41, 5.74) is 2.92. The van der Waals surface area contributed by atoms with Crippen LogP contribution in [0, 0.1) is 0 Å². The van der Waals surface area contributed by atoms with Crippen molar-refractivity contribution in [2.24, 2.45) is 0 Å². The zero-order chi connectivity index (χ0) is 25.2. The van der Waals surface area contributed by atoms with Crippen molar-refractivity contribution in [3.63, 3.8) is 0 Å². The van der Waals surface area contributed by atoms with Crippen LogP contribution in [0.1, 0.15) is 16.7 Å². The first-order valence-corrected chi connectivity index (χ1v) is 12.5. The summed E-state index contributed by atoms with van der Waals surface area (Å²) in [4.78, 5) is 13.2. The van der Waals surface area contributed by atoms with E-state index < -0.39 is 15.8 Å². The number of hydrogen-bond acceptors (Lipinski definition) is 7. The van der Waals surface area contributed by atoms with Gasteiger partial charge in [0.2, 0.25) is 5.75 Å². The lowest BCUT2D eigenvalue weighted by atomic mass is 9.94. The number of benzene rings is 3. The van der Waals surface area contributed by atoms with Crippen molar-refractivity contribution in [3.8, 4) is 17.2 Å². The van der Waals surface area contributed by atoms with Gasteiger partial charge in [0.15, 0.2) is 21.3 Å². The van der Waals surface area contributed by atoms with Crippen LogP contribution in [0.3, 0.4) is 0 Å². The van der Waals surface area contributed by atoms with Crippen molar-refractivity contribution in [1.29, 1.82) is 0 Å². The number of esters is 1. The number of cyclic esters (lactones) is 1. The van der Waals surface area contributed by atoms with Gasteiger partial charge < -0.3 is 18.9 Å². The number of methoxy groups -OCH3 is 3. The molecular weight excluding hydrogens is 468 g/mol. The van der Waals surface area contributed by atoms with E-state index in [2.05, 4.69) is 0 Å². The highest BCUT2D eigenvalue weighted by Crippen LogP contribution is 2.43. The Morgan fingerprint density at radius 2 is 1.34 bits per heavy atom. The van der Waals surface area contributed by atoms with E-state index in [1.54, 1.807) is 30.3 Å². The first-order valence-electron chi connectivity index (χ1n) is 10.6. The number of sulfone groups is 1. The monoisotopic (exact) mass is 492 g/mol. The second-order valence-corrected chi connectivity index (χ2v) is 9.79. The molecule has 180 valence electrons. The molecule has 0 bridgehead atoms. The number of carbonyl (C=O) groups excluding carboxylic acids is 1. The van der Waals surface area contributed by atoms with Crippen LogP contribution in [0.15, 0.2) is 77.4 Å². The van der Waals surface area contributed by atoms with Gasteiger partial charge in [0.25, 0.3) is 0 Å². The lowest BCUT2D eigenvalue weighted by molar-refractivity contribution is -0.131. The lowest BCUT2D eigenvalue weighted by Crippen LogP contribution is -1.98. The molecule has 4 rings (SSSR count). The molecule has 0 atom stereocenters. The zero-order valence-electron chi connectivity index (χ0n) is 19.7. The van der Waals surface area contributed by atoms with Gasteiger partial charge in [-0.15, -0.1) is 0 Å². The highest BCUT2D eigenvalue weighted by atomic mass is 32.2. The minimum Gasteiger partial charge on any atom is -0.493 e. The molecule has 0 radical (unpaired) electrons. The van der Waals surface area contributed by atoms with Crippen molar-refractivity contribution in [1.82, 2.24) is 0 Å². The van der Waals surface area contributed by atoms with Crippen LogP contribution in [-0.2, 0) is 19.4 Å². The van der Waals surface area contributed by atoms with E-state index >= 15 is 0 Å². The van der Waals surface area contributed by atoms with Crippen LogP contribution in [0.5, 0.6) is 17.2 Å². The molecule has 0 saturated carbocycles. The lowest BCUT2D eigenvalue weighted by Gasteiger charge is -2.13. The summed E-state index contributed by atoms with van der Waals surface area (Å²) in [5, 5.41) is 0. The van der Waals surface area contributed by atoms with E-state index in [0.717, 1.165) is 6.26 Å². The molecule has 0 unspecified atom stereocenters. The van der Waals surface area contributed by atoms with Gasteiger partial charge in [-0.25, -0.2) is 13.2 Å². The fraction of sp³-hybridized carbons (Fsp3) is 0.148. The maximum atomic E-state index is 13.0. The number of rotatable bonds is 7. The Morgan fingerprint density at radius 3 is 1.86 bits per heavy atom. The third-order valence-electron chi connectivity index (χ3n) is 5.52. The Balaban J connectivity index is 1.93. The summed E-state index contributed by atoms with van der Waals surface area (Å²) in [6, 6.07) is 19.0. The summed E-state index contributed by atoms with van der Waals surface area (Å²) in [6.45, 7) is 0. The third kappa shape index (κ3) is 4.79. The highest BCUT2D eigenvalue weighted by Gasteiger charge is 2.32. The van der Waals surface area contributed by atoms with Crippen molar-refractivity contribution in [2.45, 2.75) is 4.90 Å². The molecule has 0 N–H and O–H groups in total. The highest BCUT2D eigenvalue weighted by molar-refractivity contribution is 7.90. The van der Waals surface area contributed by atoms with Crippen LogP contribution in [0.25, 0.3) is 17.2 Å². The Morgan fingerprint density at radius 1 is 0.771 bits per heavy atom. The van der Waals surface area contributed by atoms with Crippen LogP contribution in [-0.4, -0.2) is 42.0 Å². The van der Waals surface area contributed by atoms with Gasteiger partial charge in [0.05, 0.1) is 31.8 Å². The minimum absolute atomic E-state index is 0.184. The number of carbonyl (C=O) groups is 1. The second-order valence-electron chi connectivity index (χ2n) is 7.77. The summed E-state index contributed by atoms with van der Waals surface area (Å²) >= 11 is 0. The molecule has 3 aromatic rings. The normalized spacial score (nSPS) is 14.7. The topological polar surface area (TPSA) is 88.1 Å². The molecule has 35 heavy (non-hydrogen) atoms. The molecule has 0 aromatic heterocycles. The van der Waals surface area contributed by atoms with E-state index in [0.29, 0.717) is 50.8 Å². The molecule has 0 aliphatic carbocycles. The van der Waals surface area contributed by atoms with E-state index in [9.17, 15) is 13.2 Å². The van der Waals surface area contributed by atoms with Crippen LogP contribution in [0.4, 0.5) is 0 Å². The fourth-order valence-electron chi connectivity index (χ4n) is 3.89. The summed E-state index contributed by atoms with van der Waals surface area (Å²) in [7, 11) is 1.19. The predicted molar refractivity (Wildman–Crippen MR) is 133 cm³/mol. The molecule has 1 aliphatic rings. The molecule has 0 saturated heterocycles. The molecular formula is C27H24O7S. The van der Waals surface area contributed by atoms with Crippen molar-refractivity contribution >= 4 is 33.0 Å². The van der Waals surface area contributed by atoms with Crippen LogP contribution < -0.4 is 14.2 Å². The summed E-state index contributed by atoms with van der Waals surface area (Å²) in [6.07, 6.45) is 2.85. The first-order chi connectivity index (χ1) is 16.8. The molecule has 0 spiro atoms. The maximum Gasteiger partial charge on any atom is 0.344 e. The van der Waals surface area contributed by atoms with E-state index in [4.69, 9.17) is 18.9 Å². The van der Waals surface area contributed by atoms with Gasteiger partial charge >= 0.3 is 5.97 Å². The van der Waals surface area contributed by atoms with E-state index in [1.807, 2.05) is 30.3 Å². The second kappa shape index (κ2) is 9.68. The summed E-state index contributed by atoms with van der Waals surface area (Å²) < 4.78 is 45.9. The van der Waals surface area contributed by atoms with Crippen LogP contribution >= 0.6 is 0 Å². The fourth-order valence-corrected chi connectivity index (χ4v) is 4.52. The molecule has 0 fully saturated rings. The van der Waals surface area contributed by atoms with Gasteiger partial charge in [-0.1, -0.05) is 42.5 Å². The smallest absolute Gasteiger partial charge is 0.344 e. The van der Waals surface area contributed by atoms with Crippen molar-refractivity contribution in [2.75, 3.05) is 27.6 Å². The Bertz CT molecular complexity index is 1410.